The number of nitrogens with two attached hydrogens (primary N) is 1. The average Bonchev–Trinajstić information content (AvgIpc) is 2.71. The third-order valence-electron chi connectivity index (χ3n) is 4.43. The van der Waals surface area contributed by atoms with Gasteiger partial charge in [0.2, 0.25) is 0 Å². The van der Waals surface area contributed by atoms with E-state index in [1.165, 1.54) is 5.01 Å². The first-order valence-electron chi connectivity index (χ1n) is 9.28. The first-order chi connectivity index (χ1) is 13.5. The lowest BCUT2D eigenvalue weighted by atomic mass is 10.0. The van der Waals surface area contributed by atoms with Crippen LogP contribution in [0.3, 0.4) is 0 Å². The zero-order valence-corrected chi connectivity index (χ0v) is 16.3. The summed E-state index contributed by atoms with van der Waals surface area (Å²) in [7, 11) is 1.59. The number of rotatable bonds is 7. The number of anilines is 1. The molecule has 148 valence electrons. The second-order valence-corrected chi connectivity index (χ2v) is 6.36. The van der Waals surface area contributed by atoms with Crippen molar-refractivity contribution < 1.29 is 19.0 Å². The van der Waals surface area contributed by atoms with Crippen LogP contribution in [0, 0.1) is 0 Å². The van der Waals surface area contributed by atoms with Crippen molar-refractivity contribution in [1.29, 1.82) is 0 Å². The number of cyclic esters (lactones) is 1. The number of nitrogens with zero attached hydrogens (tertiary/aromatic N) is 2. The van der Waals surface area contributed by atoms with Crippen molar-refractivity contribution >= 4 is 17.5 Å². The van der Waals surface area contributed by atoms with Gasteiger partial charge in [-0.1, -0.05) is 19.1 Å². The van der Waals surface area contributed by atoms with Crippen molar-refractivity contribution in [2.75, 3.05) is 19.5 Å². The Hall–Kier alpha value is -3.22. The second kappa shape index (κ2) is 8.65. The van der Waals surface area contributed by atoms with Gasteiger partial charge >= 0.3 is 6.09 Å². The minimum atomic E-state index is -0.467. The Morgan fingerprint density at radius 2 is 1.89 bits per heavy atom. The number of amides is 1. The molecule has 0 saturated carbocycles. The summed E-state index contributed by atoms with van der Waals surface area (Å²) in [6.07, 6.45) is -0.265. The van der Waals surface area contributed by atoms with E-state index in [9.17, 15) is 4.79 Å². The molecular weight excluding hydrogens is 358 g/mol. The highest BCUT2D eigenvalue weighted by Crippen LogP contribution is 2.30. The Bertz CT molecular complexity index is 864. The van der Waals surface area contributed by atoms with Crippen molar-refractivity contribution in [3.63, 3.8) is 0 Å². The number of hydrogen-bond acceptors (Lipinski definition) is 6. The number of benzene rings is 2. The van der Waals surface area contributed by atoms with Crippen molar-refractivity contribution in [3.8, 4) is 11.5 Å². The Labute approximate surface area is 164 Å². The number of ether oxygens (including phenoxy) is 3. The molecule has 0 aromatic heterocycles. The fourth-order valence-corrected chi connectivity index (χ4v) is 2.99. The van der Waals surface area contributed by atoms with Gasteiger partial charge in [0.25, 0.3) is 0 Å². The van der Waals surface area contributed by atoms with Gasteiger partial charge in [0, 0.05) is 11.3 Å². The summed E-state index contributed by atoms with van der Waals surface area (Å²) in [6.45, 7) is 4.71. The van der Waals surface area contributed by atoms with Crippen LogP contribution in [0.1, 0.15) is 31.4 Å². The number of methoxy groups -OCH3 is 1. The average molecular weight is 383 g/mol. The molecule has 2 N–H and O–H groups in total. The molecule has 0 spiro atoms. The summed E-state index contributed by atoms with van der Waals surface area (Å²) in [5.41, 5.74) is 8.81. The van der Waals surface area contributed by atoms with Crippen LogP contribution in [0.15, 0.2) is 47.6 Å². The fraction of sp³-hybridized carbons (Fsp3) is 0.333. The van der Waals surface area contributed by atoms with E-state index >= 15 is 0 Å². The molecular formula is C21H25N3O4. The van der Waals surface area contributed by atoms with Crippen molar-refractivity contribution in [1.82, 2.24) is 5.01 Å². The predicted octanol–water partition coefficient (Wildman–Crippen LogP) is 3.81. The lowest BCUT2D eigenvalue weighted by Gasteiger charge is -2.29. The SMILES string of the molecule is CCOc1ccc(C2=NN(Cc3ccc(N)cc3)C(=O)OC2CC)cc1OC. The maximum absolute atomic E-state index is 12.4. The van der Waals surface area contributed by atoms with Crippen molar-refractivity contribution in [2.24, 2.45) is 5.10 Å². The molecule has 0 bridgehead atoms. The number of nitrogen functional groups attached to an aromatic ring is 1. The fourth-order valence-electron chi connectivity index (χ4n) is 2.99. The Balaban J connectivity index is 1.94. The molecule has 0 fully saturated rings. The molecule has 1 aliphatic rings. The number of hydrogen-bond donors (Lipinski definition) is 1. The zero-order valence-electron chi connectivity index (χ0n) is 16.3. The lowest BCUT2D eigenvalue weighted by molar-refractivity contribution is 0.0712. The highest BCUT2D eigenvalue weighted by molar-refractivity contribution is 6.06. The molecule has 1 unspecified atom stereocenters. The predicted molar refractivity (Wildman–Crippen MR) is 108 cm³/mol. The molecule has 1 atom stereocenters. The van der Waals surface area contributed by atoms with E-state index in [-0.39, 0.29) is 0 Å². The maximum atomic E-state index is 12.4. The van der Waals surface area contributed by atoms with Gasteiger partial charge in [-0.05, 0) is 49.2 Å². The number of carbonyl (C=O) groups excluding carboxylic acids is 1. The standard InChI is InChI=1S/C21H25N3O4/c1-4-17-20(15-8-11-18(27-5-2)19(12-15)26-3)23-24(21(25)28-17)13-14-6-9-16(22)10-7-14/h6-12,17H,4-5,13,22H2,1-3H3. The first-order valence-corrected chi connectivity index (χ1v) is 9.28. The Kier molecular flexibility index (Phi) is 6.03. The molecule has 1 aliphatic heterocycles. The Morgan fingerprint density at radius 3 is 2.54 bits per heavy atom. The molecule has 1 amide bonds. The molecule has 0 radical (unpaired) electrons. The van der Waals surface area contributed by atoms with Gasteiger partial charge in [-0.3, -0.25) is 0 Å². The molecule has 1 heterocycles. The highest BCUT2D eigenvalue weighted by atomic mass is 16.6. The summed E-state index contributed by atoms with van der Waals surface area (Å²) in [6, 6.07) is 12.9. The molecule has 3 rings (SSSR count). The van der Waals surface area contributed by atoms with Gasteiger partial charge in [0.15, 0.2) is 11.5 Å². The Morgan fingerprint density at radius 1 is 1.14 bits per heavy atom. The van der Waals surface area contributed by atoms with Crippen LogP contribution >= 0.6 is 0 Å². The van der Waals surface area contributed by atoms with E-state index in [2.05, 4.69) is 5.10 Å². The third-order valence-corrected chi connectivity index (χ3v) is 4.43. The van der Waals surface area contributed by atoms with E-state index in [1.807, 2.05) is 44.2 Å². The molecule has 28 heavy (non-hydrogen) atoms. The van der Waals surface area contributed by atoms with Gasteiger partial charge in [-0.15, -0.1) is 0 Å². The second-order valence-electron chi connectivity index (χ2n) is 6.36. The van der Waals surface area contributed by atoms with Gasteiger partial charge in [0.1, 0.15) is 11.8 Å². The van der Waals surface area contributed by atoms with Crippen LogP contribution < -0.4 is 15.2 Å². The normalized spacial score (nSPS) is 16.4. The summed E-state index contributed by atoms with van der Waals surface area (Å²) in [4.78, 5) is 12.4. The topological polar surface area (TPSA) is 86.4 Å². The summed E-state index contributed by atoms with van der Waals surface area (Å²) >= 11 is 0. The lowest BCUT2D eigenvalue weighted by Crippen LogP contribution is -2.41. The van der Waals surface area contributed by atoms with Crippen LogP contribution in [0.4, 0.5) is 10.5 Å². The van der Waals surface area contributed by atoms with Gasteiger partial charge in [0.05, 0.1) is 20.3 Å². The first kappa shape index (κ1) is 19.5. The van der Waals surface area contributed by atoms with Crippen LogP contribution in [0.2, 0.25) is 0 Å². The van der Waals surface area contributed by atoms with Crippen molar-refractivity contribution in [3.05, 3.63) is 53.6 Å². The number of carbonyl (C=O) groups is 1. The monoisotopic (exact) mass is 383 g/mol. The largest absolute Gasteiger partial charge is 0.493 e. The minimum absolute atomic E-state index is 0.299. The summed E-state index contributed by atoms with van der Waals surface area (Å²) in [5, 5.41) is 5.93. The van der Waals surface area contributed by atoms with E-state index in [0.29, 0.717) is 42.5 Å². The number of hydrazone groups is 1. The quantitative estimate of drug-likeness (QED) is 0.735. The smallest absolute Gasteiger partial charge is 0.431 e. The van der Waals surface area contributed by atoms with Gasteiger partial charge in [-0.25, -0.2) is 4.79 Å². The van der Waals surface area contributed by atoms with E-state index in [0.717, 1.165) is 11.1 Å². The maximum Gasteiger partial charge on any atom is 0.431 e. The molecule has 7 nitrogen and oxygen atoms in total. The zero-order chi connectivity index (χ0) is 20.1. The van der Waals surface area contributed by atoms with E-state index in [4.69, 9.17) is 19.9 Å². The van der Waals surface area contributed by atoms with Crippen LogP contribution in [0.5, 0.6) is 11.5 Å². The molecule has 2 aromatic rings. The molecule has 2 aromatic carbocycles. The van der Waals surface area contributed by atoms with Gasteiger partial charge < -0.3 is 19.9 Å². The molecule has 7 heteroatoms. The summed E-state index contributed by atoms with van der Waals surface area (Å²) in [5.74, 6) is 1.27. The van der Waals surface area contributed by atoms with Crippen LogP contribution in [0.25, 0.3) is 0 Å². The molecule has 0 saturated heterocycles. The third kappa shape index (κ3) is 4.19. The highest BCUT2D eigenvalue weighted by Gasteiger charge is 2.31. The molecule has 0 aliphatic carbocycles. The van der Waals surface area contributed by atoms with Gasteiger partial charge in [-0.2, -0.15) is 10.1 Å². The van der Waals surface area contributed by atoms with E-state index < -0.39 is 12.2 Å². The van der Waals surface area contributed by atoms with E-state index in [1.54, 1.807) is 19.2 Å². The minimum Gasteiger partial charge on any atom is -0.493 e. The van der Waals surface area contributed by atoms with Crippen LogP contribution in [-0.2, 0) is 11.3 Å². The van der Waals surface area contributed by atoms with Crippen molar-refractivity contribution in [2.45, 2.75) is 32.9 Å². The van der Waals surface area contributed by atoms with Crippen LogP contribution in [-0.4, -0.2) is 36.6 Å². The summed E-state index contributed by atoms with van der Waals surface area (Å²) < 4.78 is 16.6.